The van der Waals surface area contributed by atoms with E-state index in [1.54, 1.807) is 0 Å². The molecule has 0 aromatic heterocycles. The maximum atomic E-state index is 12.4. The normalized spacial score (nSPS) is 11.8. The fourth-order valence-corrected chi connectivity index (χ4v) is 3.02. The number of hydrogen-bond acceptors (Lipinski definition) is 6. The molecule has 0 unspecified atom stereocenters. The Morgan fingerprint density at radius 3 is 1.29 bits per heavy atom. The van der Waals surface area contributed by atoms with Gasteiger partial charge in [-0.05, 0) is 51.7 Å². The van der Waals surface area contributed by atoms with Crippen LogP contribution in [-0.2, 0) is 41.8 Å². The van der Waals surface area contributed by atoms with E-state index in [0.29, 0.717) is 39.3 Å². The molecule has 0 saturated heterocycles. The number of benzene rings is 2. The third kappa shape index (κ3) is 10.1. The number of hydrogen-bond donors (Lipinski definition) is 0. The first-order valence-corrected chi connectivity index (χ1v) is 11.8. The Balaban J connectivity index is 1.53. The van der Waals surface area contributed by atoms with E-state index in [1.807, 2.05) is 88.4 Å². The van der Waals surface area contributed by atoms with Crippen molar-refractivity contribution in [3.05, 3.63) is 71.8 Å². The third-order valence-corrected chi connectivity index (χ3v) is 5.65. The molecule has 0 bridgehead atoms. The number of carbonyl (C=O) groups excluding carboxylic acids is 2. The van der Waals surface area contributed by atoms with E-state index >= 15 is 0 Å². The van der Waals surface area contributed by atoms with Gasteiger partial charge in [-0.15, -0.1) is 0 Å². The van der Waals surface area contributed by atoms with Crippen LogP contribution in [0.25, 0.3) is 0 Å². The first-order chi connectivity index (χ1) is 16.2. The lowest BCUT2D eigenvalue weighted by Crippen LogP contribution is -2.29. The van der Waals surface area contributed by atoms with Crippen LogP contribution in [0.4, 0.5) is 0 Å². The summed E-state index contributed by atoms with van der Waals surface area (Å²) in [5.74, 6) is -0.477. The minimum atomic E-state index is -0.625. The van der Waals surface area contributed by atoms with E-state index in [0.717, 1.165) is 11.1 Å². The van der Waals surface area contributed by atoms with Gasteiger partial charge in [0.15, 0.2) is 0 Å². The largest absolute Gasteiger partial charge is 0.460 e. The van der Waals surface area contributed by atoms with Crippen molar-refractivity contribution in [3.8, 4) is 0 Å². The summed E-state index contributed by atoms with van der Waals surface area (Å²) in [4.78, 5) is 24.8. The molecule has 0 saturated carbocycles. The zero-order valence-corrected chi connectivity index (χ0v) is 20.9. The highest BCUT2D eigenvalue weighted by atomic mass is 16.5. The summed E-state index contributed by atoms with van der Waals surface area (Å²) in [5.41, 5.74) is 0.680. The molecule has 6 nitrogen and oxygen atoms in total. The van der Waals surface area contributed by atoms with Crippen molar-refractivity contribution in [2.75, 3.05) is 26.4 Å². The lowest BCUT2D eigenvalue weighted by Gasteiger charge is -2.23. The highest BCUT2D eigenvalue weighted by Gasteiger charge is 2.30. The number of ether oxygens (including phenoxy) is 4. The van der Waals surface area contributed by atoms with Gasteiger partial charge in [0, 0.05) is 13.2 Å². The van der Waals surface area contributed by atoms with E-state index in [-0.39, 0.29) is 25.2 Å². The van der Waals surface area contributed by atoms with Crippen LogP contribution < -0.4 is 0 Å². The molecule has 0 amide bonds. The molecule has 186 valence electrons. The Bertz CT molecular complexity index is 787. The molecule has 2 aromatic rings. The number of rotatable bonds is 15. The molecule has 0 aliphatic heterocycles. The predicted molar refractivity (Wildman–Crippen MR) is 131 cm³/mol. The molecule has 0 heterocycles. The molecule has 0 atom stereocenters. The van der Waals surface area contributed by atoms with Gasteiger partial charge in [-0.1, -0.05) is 60.7 Å². The summed E-state index contributed by atoms with van der Waals surface area (Å²) < 4.78 is 22.1. The fraction of sp³-hybridized carbons (Fsp3) is 0.500. The predicted octanol–water partition coefficient (Wildman–Crippen LogP) is 5.34. The Morgan fingerprint density at radius 1 is 0.588 bits per heavy atom. The minimum absolute atomic E-state index is 0.238. The van der Waals surface area contributed by atoms with Crippen molar-refractivity contribution in [1.29, 1.82) is 0 Å². The van der Waals surface area contributed by atoms with Gasteiger partial charge in [0.25, 0.3) is 0 Å². The highest BCUT2D eigenvalue weighted by Crippen LogP contribution is 2.24. The molecule has 0 aliphatic carbocycles. The van der Waals surface area contributed by atoms with E-state index in [4.69, 9.17) is 18.9 Å². The second-order valence-electron chi connectivity index (χ2n) is 9.62. The van der Waals surface area contributed by atoms with Crippen LogP contribution in [0.5, 0.6) is 0 Å². The molecular weight excluding hydrogens is 432 g/mol. The topological polar surface area (TPSA) is 71.1 Å². The molecular formula is C28H38O6. The van der Waals surface area contributed by atoms with Gasteiger partial charge in [0.2, 0.25) is 0 Å². The van der Waals surface area contributed by atoms with E-state index in [2.05, 4.69) is 0 Å². The smallest absolute Gasteiger partial charge is 0.311 e. The number of carbonyl (C=O) groups is 2. The second kappa shape index (κ2) is 13.9. The molecule has 6 heteroatoms. The Morgan fingerprint density at radius 2 is 0.941 bits per heavy atom. The molecule has 0 radical (unpaired) electrons. The van der Waals surface area contributed by atoms with Crippen molar-refractivity contribution >= 4 is 11.9 Å². The van der Waals surface area contributed by atoms with Gasteiger partial charge < -0.3 is 18.9 Å². The molecule has 0 spiro atoms. The summed E-state index contributed by atoms with van der Waals surface area (Å²) in [6, 6.07) is 19.3. The zero-order valence-electron chi connectivity index (χ0n) is 20.9. The first kappa shape index (κ1) is 27.5. The van der Waals surface area contributed by atoms with Crippen molar-refractivity contribution in [1.82, 2.24) is 0 Å². The van der Waals surface area contributed by atoms with E-state index in [1.165, 1.54) is 0 Å². The first-order valence-electron chi connectivity index (χ1n) is 11.8. The number of esters is 2. The SMILES string of the molecule is CC(C)(CCOCCOCCC(C)(C)C(=O)OCc1ccccc1)C(=O)OCc1ccccc1. The Labute approximate surface area is 203 Å². The van der Waals surface area contributed by atoms with Crippen LogP contribution in [-0.4, -0.2) is 38.4 Å². The van der Waals surface area contributed by atoms with Crippen molar-refractivity contribution in [2.45, 2.75) is 53.8 Å². The average molecular weight is 471 g/mol. The van der Waals surface area contributed by atoms with E-state index < -0.39 is 10.8 Å². The fourth-order valence-electron chi connectivity index (χ4n) is 3.02. The maximum absolute atomic E-state index is 12.4. The monoisotopic (exact) mass is 470 g/mol. The standard InChI is InChI=1S/C28H38O6/c1-27(2,25(29)33-21-23-11-7-5-8-12-23)15-17-31-19-20-32-18-16-28(3,4)26(30)34-22-24-13-9-6-10-14-24/h5-14H,15-22H2,1-4H3. The van der Waals surface area contributed by atoms with Gasteiger partial charge in [0.1, 0.15) is 13.2 Å². The van der Waals surface area contributed by atoms with Crippen LogP contribution >= 0.6 is 0 Å². The highest BCUT2D eigenvalue weighted by molar-refractivity contribution is 5.76. The molecule has 0 N–H and O–H groups in total. The van der Waals surface area contributed by atoms with Crippen molar-refractivity contribution in [2.24, 2.45) is 10.8 Å². The lowest BCUT2D eigenvalue weighted by atomic mass is 9.90. The molecule has 34 heavy (non-hydrogen) atoms. The average Bonchev–Trinajstić information content (AvgIpc) is 2.83. The lowest BCUT2D eigenvalue weighted by molar-refractivity contribution is -0.157. The Kier molecular flexibility index (Phi) is 11.2. The van der Waals surface area contributed by atoms with Gasteiger partial charge in [0.05, 0.1) is 24.0 Å². The summed E-state index contributed by atoms with van der Waals surface area (Å²) >= 11 is 0. The second-order valence-corrected chi connectivity index (χ2v) is 9.62. The van der Waals surface area contributed by atoms with Crippen LogP contribution in [0.1, 0.15) is 51.7 Å². The molecule has 2 aromatic carbocycles. The van der Waals surface area contributed by atoms with Crippen LogP contribution in [0, 0.1) is 10.8 Å². The van der Waals surface area contributed by atoms with Crippen molar-refractivity contribution in [3.63, 3.8) is 0 Å². The third-order valence-electron chi connectivity index (χ3n) is 5.65. The minimum Gasteiger partial charge on any atom is -0.460 e. The van der Waals surface area contributed by atoms with Gasteiger partial charge in [-0.25, -0.2) is 0 Å². The molecule has 0 aliphatic rings. The van der Waals surface area contributed by atoms with Gasteiger partial charge in [-0.3, -0.25) is 9.59 Å². The van der Waals surface area contributed by atoms with E-state index in [9.17, 15) is 9.59 Å². The molecule has 0 fully saturated rings. The summed E-state index contributed by atoms with van der Waals surface area (Å²) in [7, 11) is 0. The van der Waals surface area contributed by atoms with Gasteiger partial charge in [-0.2, -0.15) is 0 Å². The quantitative estimate of drug-likeness (QED) is 0.258. The summed E-state index contributed by atoms with van der Waals surface area (Å²) in [6.45, 7) is 9.71. The van der Waals surface area contributed by atoms with Crippen LogP contribution in [0.15, 0.2) is 60.7 Å². The molecule has 2 rings (SSSR count). The van der Waals surface area contributed by atoms with Crippen molar-refractivity contribution < 1.29 is 28.5 Å². The zero-order chi connectivity index (χ0) is 24.9. The summed E-state index contributed by atoms with van der Waals surface area (Å²) in [6.07, 6.45) is 1.11. The summed E-state index contributed by atoms with van der Waals surface area (Å²) in [5, 5.41) is 0. The Hall–Kier alpha value is -2.70. The van der Waals surface area contributed by atoms with Gasteiger partial charge >= 0.3 is 11.9 Å². The van der Waals surface area contributed by atoms with Crippen LogP contribution in [0.3, 0.4) is 0 Å². The van der Waals surface area contributed by atoms with Crippen LogP contribution in [0.2, 0.25) is 0 Å². The maximum Gasteiger partial charge on any atom is 0.311 e.